The number of benzene rings is 1. The Morgan fingerprint density at radius 2 is 2.00 bits per heavy atom. The van der Waals surface area contributed by atoms with Crippen LogP contribution in [-0.4, -0.2) is 53.9 Å². The molecule has 1 aromatic rings. The number of carbonyl (C=O) groups is 1. The standard InChI is InChI=1S/C18H23N3O3/c1-14-10-11-16(17(22)20(2)3)18(23,21(14)4)13-19-24-12-15-8-6-5-7-9-15/h5-11,13,23H,12H2,1-4H3. The second-order valence-electron chi connectivity index (χ2n) is 5.87. The molecule has 0 spiro atoms. The van der Waals surface area contributed by atoms with Gasteiger partial charge in [-0.1, -0.05) is 35.5 Å². The van der Waals surface area contributed by atoms with Gasteiger partial charge in [0.05, 0.1) is 5.57 Å². The largest absolute Gasteiger partial charge is 0.391 e. The summed E-state index contributed by atoms with van der Waals surface area (Å²) in [6.45, 7) is 2.13. The van der Waals surface area contributed by atoms with Crippen LogP contribution in [0.5, 0.6) is 0 Å². The number of oxime groups is 1. The van der Waals surface area contributed by atoms with Gasteiger partial charge in [0.25, 0.3) is 5.91 Å². The molecule has 0 bridgehead atoms. The second-order valence-corrected chi connectivity index (χ2v) is 5.87. The van der Waals surface area contributed by atoms with Crippen LogP contribution in [-0.2, 0) is 16.2 Å². The van der Waals surface area contributed by atoms with E-state index in [4.69, 9.17) is 4.84 Å². The molecule has 2 rings (SSSR count). The molecule has 0 radical (unpaired) electrons. The van der Waals surface area contributed by atoms with Crippen LogP contribution in [0.4, 0.5) is 0 Å². The van der Waals surface area contributed by atoms with Gasteiger partial charge in [-0.05, 0) is 24.6 Å². The normalized spacial score (nSPS) is 20.6. The predicted octanol–water partition coefficient (Wildman–Crippen LogP) is 1.74. The molecule has 6 nitrogen and oxygen atoms in total. The van der Waals surface area contributed by atoms with E-state index in [0.717, 1.165) is 11.3 Å². The van der Waals surface area contributed by atoms with E-state index in [0.29, 0.717) is 0 Å². The van der Waals surface area contributed by atoms with Crippen LogP contribution in [0.1, 0.15) is 12.5 Å². The molecular formula is C18H23N3O3. The molecule has 1 aliphatic heterocycles. The first-order valence-electron chi connectivity index (χ1n) is 7.63. The molecule has 0 saturated carbocycles. The van der Waals surface area contributed by atoms with Crippen molar-refractivity contribution in [2.24, 2.45) is 5.16 Å². The quantitative estimate of drug-likeness (QED) is 0.660. The van der Waals surface area contributed by atoms with Gasteiger partial charge in [-0.25, -0.2) is 0 Å². The van der Waals surface area contributed by atoms with Crippen molar-refractivity contribution in [3.05, 3.63) is 59.3 Å². The number of hydrogen-bond acceptors (Lipinski definition) is 5. The van der Waals surface area contributed by atoms with Gasteiger partial charge in [0, 0.05) is 26.8 Å². The number of rotatable bonds is 5. The molecule has 0 saturated heterocycles. The first kappa shape index (κ1) is 17.7. The number of nitrogens with zero attached hydrogens (tertiary/aromatic N) is 3. The third kappa shape index (κ3) is 3.65. The number of hydrogen-bond donors (Lipinski definition) is 1. The number of likely N-dealkylation sites (N-methyl/N-ethyl adjacent to an activating group) is 2. The van der Waals surface area contributed by atoms with Crippen LogP contribution in [0.15, 0.2) is 58.9 Å². The fraction of sp³-hybridized carbons (Fsp3) is 0.333. The van der Waals surface area contributed by atoms with Gasteiger partial charge >= 0.3 is 0 Å². The minimum Gasteiger partial charge on any atom is -0.391 e. The summed E-state index contributed by atoms with van der Waals surface area (Å²) in [7, 11) is 4.97. The summed E-state index contributed by atoms with van der Waals surface area (Å²) in [5, 5.41) is 14.9. The van der Waals surface area contributed by atoms with E-state index in [9.17, 15) is 9.90 Å². The van der Waals surface area contributed by atoms with Crippen molar-refractivity contribution in [2.75, 3.05) is 21.1 Å². The Bertz CT molecular complexity index is 680. The zero-order chi connectivity index (χ0) is 17.7. The molecule has 0 fully saturated rings. The number of allylic oxidation sites excluding steroid dienone is 3. The summed E-state index contributed by atoms with van der Waals surface area (Å²) in [5.74, 6) is -0.289. The Morgan fingerprint density at radius 1 is 1.33 bits per heavy atom. The maximum Gasteiger partial charge on any atom is 0.254 e. The van der Waals surface area contributed by atoms with E-state index in [1.54, 1.807) is 38.2 Å². The summed E-state index contributed by atoms with van der Waals surface area (Å²) >= 11 is 0. The zero-order valence-corrected chi connectivity index (χ0v) is 14.4. The lowest BCUT2D eigenvalue weighted by atomic mass is 9.96. The average molecular weight is 329 g/mol. The molecule has 1 aromatic carbocycles. The molecule has 1 unspecified atom stereocenters. The second kappa shape index (κ2) is 7.31. The monoisotopic (exact) mass is 329 g/mol. The first-order chi connectivity index (χ1) is 11.4. The SMILES string of the molecule is CC1=CC=C(C(=O)N(C)C)C(O)(C=NOCc2ccccc2)N1C. The molecule has 1 N–H and O–H groups in total. The highest BCUT2D eigenvalue weighted by Gasteiger charge is 2.41. The van der Waals surface area contributed by atoms with Crippen molar-refractivity contribution < 1.29 is 14.7 Å². The van der Waals surface area contributed by atoms with Gasteiger partial charge < -0.3 is 19.7 Å². The lowest BCUT2D eigenvalue weighted by molar-refractivity contribution is -0.128. The van der Waals surface area contributed by atoms with Crippen LogP contribution in [0, 0.1) is 0 Å². The molecule has 24 heavy (non-hydrogen) atoms. The third-order valence-corrected chi connectivity index (χ3v) is 3.95. The van der Waals surface area contributed by atoms with Crippen molar-refractivity contribution in [1.82, 2.24) is 9.80 Å². The molecular weight excluding hydrogens is 306 g/mol. The molecule has 6 heteroatoms. The topological polar surface area (TPSA) is 65.4 Å². The van der Waals surface area contributed by atoms with Gasteiger partial charge in [-0.2, -0.15) is 0 Å². The highest BCUT2D eigenvalue weighted by atomic mass is 16.6. The molecule has 128 valence electrons. The lowest BCUT2D eigenvalue weighted by Gasteiger charge is -2.39. The van der Waals surface area contributed by atoms with Crippen molar-refractivity contribution in [1.29, 1.82) is 0 Å². The lowest BCUT2D eigenvalue weighted by Crippen LogP contribution is -2.53. The van der Waals surface area contributed by atoms with Crippen molar-refractivity contribution in [3.8, 4) is 0 Å². The summed E-state index contributed by atoms with van der Waals surface area (Å²) in [4.78, 5) is 20.6. The molecule has 1 heterocycles. The van der Waals surface area contributed by atoms with Gasteiger partial charge in [-0.15, -0.1) is 0 Å². The van der Waals surface area contributed by atoms with E-state index in [1.165, 1.54) is 11.1 Å². The van der Waals surface area contributed by atoms with E-state index in [1.807, 2.05) is 37.3 Å². The van der Waals surface area contributed by atoms with Crippen molar-refractivity contribution in [2.45, 2.75) is 19.3 Å². The fourth-order valence-corrected chi connectivity index (χ4v) is 2.31. The summed E-state index contributed by atoms with van der Waals surface area (Å²) in [5.41, 5.74) is 0.335. The van der Waals surface area contributed by atoms with Crippen LogP contribution >= 0.6 is 0 Å². The predicted molar refractivity (Wildman–Crippen MR) is 93.0 cm³/mol. The number of aliphatic hydroxyl groups is 1. The Labute approximate surface area is 142 Å². The Balaban J connectivity index is 2.17. The fourth-order valence-electron chi connectivity index (χ4n) is 2.31. The minimum atomic E-state index is -1.66. The third-order valence-electron chi connectivity index (χ3n) is 3.95. The van der Waals surface area contributed by atoms with Gasteiger partial charge in [0.1, 0.15) is 12.8 Å². The minimum absolute atomic E-state index is 0.215. The van der Waals surface area contributed by atoms with Crippen molar-refractivity contribution in [3.63, 3.8) is 0 Å². The van der Waals surface area contributed by atoms with Gasteiger partial charge in [-0.3, -0.25) is 4.79 Å². The van der Waals surface area contributed by atoms with E-state index >= 15 is 0 Å². The zero-order valence-electron chi connectivity index (χ0n) is 14.4. The summed E-state index contributed by atoms with van der Waals surface area (Å²) in [6.07, 6.45) is 4.64. The van der Waals surface area contributed by atoms with E-state index in [-0.39, 0.29) is 18.1 Å². The van der Waals surface area contributed by atoms with E-state index in [2.05, 4.69) is 5.16 Å². The molecule has 0 aromatic heterocycles. The van der Waals surface area contributed by atoms with Crippen LogP contribution in [0.3, 0.4) is 0 Å². The van der Waals surface area contributed by atoms with Crippen molar-refractivity contribution >= 4 is 12.1 Å². The maximum absolute atomic E-state index is 12.4. The van der Waals surface area contributed by atoms with E-state index < -0.39 is 5.72 Å². The molecule has 1 aliphatic rings. The summed E-state index contributed by atoms with van der Waals surface area (Å²) < 4.78 is 0. The van der Waals surface area contributed by atoms with Gasteiger partial charge in [0.15, 0.2) is 0 Å². The van der Waals surface area contributed by atoms with Gasteiger partial charge in [0.2, 0.25) is 5.72 Å². The smallest absolute Gasteiger partial charge is 0.254 e. The number of amides is 1. The summed E-state index contributed by atoms with van der Waals surface area (Å²) in [6, 6.07) is 9.59. The molecule has 1 atom stereocenters. The first-order valence-corrected chi connectivity index (χ1v) is 7.63. The highest BCUT2D eigenvalue weighted by Crippen LogP contribution is 2.28. The maximum atomic E-state index is 12.4. The molecule has 0 aliphatic carbocycles. The van der Waals surface area contributed by atoms with Crippen LogP contribution in [0.25, 0.3) is 0 Å². The van der Waals surface area contributed by atoms with Crippen LogP contribution in [0.2, 0.25) is 0 Å². The highest BCUT2D eigenvalue weighted by molar-refractivity contribution is 6.00. The Kier molecular flexibility index (Phi) is 5.41. The Hall–Kier alpha value is -2.60. The average Bonchev–Trinajstić information content (AvgIpc) is 2.57. The van der Waals surface area contributed by atoms with Crippen LogP contribution < -0.4 is 0 Å². The number of carbonyl (C=O) groups excluding carboxylic acids is 1. The Morgan fingerprint density at radius 3 is 2.62 bits per heavy atom. The molecule has 1 amide bonds.